The highest BCUT2D eigenvalue weighted by molar-refractivity contribution is 7.27. The lowest BCUT2D eigenvalue weighted by atomic mass is 9.98. The molecule has 3 heterocycles. The summed E-state index contributed by atoms with van der Waals surface area (Å²) in [6.45, 7) is 6.79. The molecule has 0 amide bonds. The maximum atomic E-state index is 6.74. The molecular weight excluding hydrogens is 653 g/mol. The van der Waals surface area contributed by atoms with E-state index < -0.39 is 0 Å². The van der Waals surface area contributed by atoms with Gasteiger partial charge < -0.3 is 4.42 Å². The molecule has 0 atom stereocenters. The zero-order valence-electron chi connectivity index (χ0n) is 28.5. The van der Waals surface area contributed by atoms with Crippen LogP contribution in [0.5, 0.6) is 0 Å². The Kier molecular flexibility index (Phi) is 7.05. The van der Waals surface area contributed by atoms with Crippen molar-refractivity contribution >= 4 is 92.7 Å². The molecule has 3 aromatic heterocycles. The van der Waals surface area contributed by atoms with Gasteiger partial charge in [0.1, 0.15) is 17.1 Å². The van der Waals surface area contributed by atoms with Gasteiger partial charge in [-0.25, -0.2) is 4.99 Å². The second-order valence-corrected chi connectivity index (χ2v) is 14.1. The smallest absolute Gasteiger partial charge is 0.161 e. The third-order valence-corrected chi connectivity index (χ3v) is 11.3. The van der Waals surface area contributed by atoms with Gasteiger partial charge in [-0.05, 0) is 42.3 Å². The fourth-order valence-electron chi connectivity index (χ4n) is 7.86. The molecule has 246 valence electrons. The van der Waals surface area contributed by atoms with E-state index in [1.54, 1.807) is 0 Å². The first-order chi connectivity index (χ1) is 25.7. The third-order valence-electron chi connectivity index (χ3n) is 10.1. The lowest BCUT2D eigenvalue weighted by Gasteiger charge is -2.13. The summed E-state index contributed by atoms with van der Waals surface area (Å²) in [5, 5.41) is 8.41. The van der Waals surface area contributed by atoms with Crippen LogP contribution < -0.4 is 0 Å². The Labute approximate surface area is 304 Å². The summed E-state index contributed by atoms with van der Waals surface area (Å²) in [5.41, 5.74) is 7.91. The molecular formula is C48H32N2OS. The highest BCUT2D eigenvalue weighted by Gasteiger charge is 2.24. The van der Waals surface area contributed by atoms with E-state index in [1.807, 2.05) is 36.5 Å². The number of para-hydroxylation sites is 2. The monoisotopic (exact) mass is 684 g/mol. The van der Waals surface area contributed by atoms with Gasteiger partial charge in [0, 0.05) is 58.2 Å². The van der Waals surface area contributed by atoms with Crippen LogP contribution in [0, 0.1) is 0 Å². The molecule has 4 heteroatoms. The predicted molar refractivity (Wildman–Crippen MR) is 224 cm³/mol. The van der Waals surface area contributed by atoms with Crippen molar-refractivity contribution in [3.8, 4) is 11.1 Å². The lowest BCUT2D eigenvalue weighted by molar-refractivity contribution is 0.604. The van der Waals surface area contributed by atoms with Gasteiger partial charge in [0.25, 0.3) is 0 Å². The maximum absolute atomic E-state index is 6.74. The second-order valence-electron chi connectivity index (χ2n) is 13.1. The van der Waals surface area contributed by atoms with Gasteiger partial charge >= 0.3 is 0 Å². The first-order valence-corrected chi connectivity index (χ1v) is 18.3. The van der Waals surface area contributed by atoms with Gasteiger partial charge in [-0.15, -0.1) is 11.3 Å². The SMILES string of the molecule is C=C(N=C(c1cccc(-c2ccccc2)c1)c1oc2ccccc2c1/C=C/C)n1c2ccccc2c2c3c4ccccc4sc3c3ccccc3c21. The zero-order chi connectivity index (χ0) is 34.8. The van der Waals surface area contributed by atoms with Gasteiger partial charge in [-0.1, -0.05) is 146 Å². The van der Waals surface area contributed by atoms with E-state index in [0.717, 1.165) is 50.0 Å². The average Bonchev–Trinajstić information content (AvgIpc) is 3.88. The van der Waals surface area contributed by atoms with Crippen molar-refractivity contribution < 1.29 is 4.42 Å². The molecule has 10 aromatic rings. The molecule has 0 radical (unpaired) electrons. The number of rotatable bonds is 6. The van der Waals surface area contributed by atoms with Crippen molar-refractivity contribution in [1.82, 2.24) is 4.57 Å². The Balaban J connectivity index is 1.31. The fraction of sp³-hybridized carbons (Fsp3) is 0.0208. The van der Waals surface area contributed by atoms with Crippen LogP contribution >= 0.6 is 11.3 Å². The first-order valence-electron chi connectivity index (χ1n) is 17.5. The normalized spacial score (nSPS) is 12.4. The van der Waals surface area contributed by atoms with E-state index in [9.17, 15) is 0 Å². The van der Waals surface area contributed by atoms with Crippen LogP contribution in [-0.4, -0.2) is 10.3 Å². The van der Waals surface area contributed by atoms with Crippen LogP contribution in [0.15, 0.2) is 174 Å². The molecule has 0 saturated carbocycles. The Morgan fingerprint density at radius 1 is 0.654 bits per heavy atom. The molecule has 0 aliphatic carbocycles. The summed E-state index contributed by atoms with van der Waals surface area (Å²) in [5.74, 6) is 1.32. The number of hydrogen-bond donors (Lipinski definition) is 0. The number of allylic oxidation sites excluding steroid dienone is 1. The van der Waals surface area contributed by atoms with Crippen LogP contribution in [0.4, 0.5) is 0 Å². The number of aromatic nitrogens is 1. The van der Waals surface area contributed by atoms with E-state index in [-0.39, 0.29) is 0 Å². The summed E-state index contributed by atoms with van der Waals surface area (Å²) in [6, 6.07) is 53.4. The van der Waals surface area contributed by atoms with Gasteiger partial charge in [-0.2, -0.15) is 0 Å². The highest BCUT2D eigenvalue weighted by atomic mass is 32.1. The zero-order valence-corrected chi connectivity index (χ0v) is 29.3. The number of thiophene rings is 1. The Morgan fingerprint density at radius 3 is 2.15 bits per heavy atom. The predicted octanol–water partition coefficient (Wildman–Crippen LogP) is 13.7. The van der Waals surface area contributed by atoms with E-state index in [4.69, 9.17) is 16.0 Å². The van der Waals surface area contributed by atoms with Crippen LogP contribution in [0.25, 0.3) is 86.7 Å². The van der Waals surface area contributed by atoms with Gasteiger partial charge in [0.15, 0.2) is 5.76 Å². The number of aliphatic imine (C=N–C) groups is 1. The van der Waals surface area contributed by atoms with Crippen molar-refractivity contribution in [2.24, 2.45) is 4.99 Å². The van der Waals surface area contributed by atoms with Crippen molar-refractivity contribution in [2.75, 3.05) is 0 Å². The van der Waals surface area contributed by atoms with Crippen LogP contribution in [0.2, 0.25) is 0 Å². The molecule has 0 fully saturated rings. The molecule has 0 spiro atoms. The number of hydrogen-bond acceptors (Lipinski definition) is 3. The summed E-state index contributed by atoms with van der Waals surface area (Å²) < 4.78 is 11.6. The molecule has 0 N–H and O–H groups in total. The van der Waals surface area contributed by atoms with Crippen molar-refractivity contribution in [3.05, 3.63) is 181 Å². The molecule has 0 aliphatic rings. The standard InChI is InChI=1S/C48H32N2OS/c1-3-16-36-34-21-10-13-27-41(34)51-47(36)45(33-20-15-19-32(29-33)31-17-5-4-6-18-31)49-30(2)50-40-26-12-9-24-38(40)43-44-39-25-11-14-28-42(39)52-48(44)37-23-8-7-22-35(37)46(43)50/h3-29H,2H2,1H3/b16-3+,49-45?. The molecule has 52 heavy (non-hydrogen) atoms. The summed E-state index contributed by atoms with van der Waals surface area (Å²) in [6.07, 6.45) is 4.18. The summed E-state index contributed by atoms with van der Waals surface area (Å²) in [7, 11) is 0. The minimum Gasteiger partial charge on any atom is -0.454 e. The molecule has 0 unspecified atom stereocenters. The van der Waals surface area contributed by atoms with E-state index in [2.05, 4.69) is 150 Å². The topological polar surface area (TPSA) is 30.4 Å². The Bertz CT molecular complexity index is 3100. The molecule has 10 rings (SSSR count). The minimum atomic E-state index is 0.613. The highest BCUT2D eigenvalue weighted by Crippen LogP contribution is 2.48. The minimum absolute atomic E-state index is 0.613. The number of fused-ring (bicyclic) bond motifs is 11. The quantitative estimate of drug-likeness (QED) is 0.160. The first kappa shape index (κ1) is 30.3. The average molecular weight is 685 g/mol. The maximum Gasteiger partial charge on any atom is 0.161 e. The molecule has 3 nitrogen and oxygen atoms in total. The Hall–Kier alpha value is -6.49. The van der Waals surface area contributed by atoms with Gasteiger partial charge in [-0.3, -0.25) is 4.57 Å². The van der Waals surface area contributed by atoms with Crippen LogP contribution in [-0.2, 0) is 0 Å². The van der Waals surface area contributed by atoms with Gasteiger partial charge in [0.2, 0.25) is 0 Å². The van der Waals surface area contributed by atoms with E-state index in [0.29, 0.717) is 11.6 Å². The number of furan rings is 1. The van der Waals surface area contributed by atoms with Crippen molar-refractivity contribution in [1.29, 1.82) is 0 Å². The van der Waals surface area contributed by atoms with Crippen LogP contribution in [0.3, 0.4) is 0 Å². The molecule has 0 saturated heterocycles. The largest absolute Gasteiger partial charge is 0.454 e. The van der Waals surface area contributed by atoms with E-state index in [1.165, 1.54) is 41.7 Å². The third kappa shape index (κ3) is 4.62. The molecule has 0 aliphatic heterocycles. The number of benzene rings is 7. The fourth-order valence-corrected chi connectivity index (χ4v) is 9.11. The summed E-state index contributed by atoms with van der Waals surface area (Å²) >= 11 is 1.87. The second kappa shape index (κ2) is 12.1. The van der Waals surface area contributed by atoms with Crippen LogP contribution in [0.1, 0.15) is 23.8 Å². The van der Waals surface area contributed by atoms with Crippen molar-refractivity contribution in [2.45, 2.75) is 6.92 Å². The van der Waals surface area contributed by atoms with E-state index >= 15 is 0 Å². The van der Waals surface area contributed by atoms with Gasteiger partial charge in [0.05, 0.1) is 11.0 Å². The number of nitrogens with zero attached hydrogens (tertiary/aromatic N) is 2. The summed E-state index contributed by atoms with van der Waals surface area (Å²) in [4.78, 5) is 5.53. The molecule has 7 aromatic carbocycles. The lowest BCUT2D eigenvalue weighted by Crippen LogP contribution is -2.07. The Morgan fingerprint density at radius 2 is 1.33 bits per heavy atom. The van der Waals surface area contributed by atoms with Crippen molar-refractivity contribution in [3.63, 3.8) is 0 Å². The molecule has 0 bridgehead atoms.